The molecule has 1 unspecified atom stereocenters. The van der Waals surface area contributed by atoms with Crippen molar-refractivity contribution in [2.24, 2.45) is 11.1 Å². The van der Waals surface area contributed by atoms with Gasteiger partial charge in [0.15, 0.2) is 0 Å². The number of amides is 1. The van der Waals surface area contributed by atoms with Crippen molar-refractivity contribution in [1.82, 2.24) is 4.90 Å². The summed E-state index contributed by atoms with van der Waals surface area (Å²) in [5, 5.41) is 0. The molecule has 0 saturated carbocycles. The number of rotatable bonds is 2. The van der Waals surface area contributed by atoms with Gasteiger partial charge in [0.25, 0.3) is 5.91 Å². The predicted molar refractivity (Wildman–Crippen MR) is 76.6 cm³/mol. The molecule has 1 saturated heterocycles. The number of nitrogens with two attached hydrogens (primary N) is 1. The first-order chi connectivity index (χ1) is 8.45. The van der Waals surface area contributed by atoms with E-state index in [1.54, 1.807) is 0 Å². The van der Waals surface area contributed by atoms with Crippen LogP contribution in [0.15, 0.2) is 22.7 Å². The molecule has 2 rings (SSSR count). The van der Waals surface area contributed by atoms with E-state index in [0.717, 1.165) is 35.1 Å². The van der Waals surface area contributed by atoms with E-state index < -0.39 is 0 Å². The lowest BCUT2D eigenvalue weighted by atomic mass is 9.90. The highest BCUT2D eigenvalue weighted by Gasteiger charge is 2.35. The van der Waals surface area contributed by atoms with Gasteiger partial charge >= 0.3 is 0 Å². The summed E-state index contributed by atoms with van der Waals surface area (Å²) in [6.07, 6.45) is 0.985. The molecule has 1 aromatic rings. The van der Waals surface area contributed by atoms with Crippen LogP contribution in [-0.4, -0.2) is 30.4 Å². The van der Waals surface area contributed by atoms with Gasteiger partial charge in [-0.25, -0.2) is 0 Å². The number of hydrogen-bond acceptors (Lipinski definition) is 2. The van der Waals surface area contributed by atoms with E-state index in [4.69, 9.17) is 5.73 Å². The topological polar surface area (TPSA) is 46.3 Å². The molecule has 0 spiro atoms. The van der Waals surface area contributed by atoms with E-state index >= 15 is 0 Å². The Morgan fingerprint density at radius 2 is 2.28 bits per heavy atom. The molecule has 0 bridgehead atoms. The van der Waals surface area contributed by atoms with Crippen molar-refractivity contribution in [2.75, 3.05) is 19.6 Å². The maximum Gasteiger partial charge on any atom is 0.255 e. The van der Waals surface area contributed by atoms with Gasteiger partial charge in [0.1, 0.15) is 0 Å². The molecule has 1 aromatic carbocycles. The number of carbonyl (C=O) groups excluding carboxylic acids is 1. The zero-order valence-electron chi connectivity index (χ0n) is 10.9. The van der Waals surface area contributed by atoms with E-state index in [9.17, 15) is 4.79 Å². The van der Waals surface area contributed by atoms with E-state index in [1.165, 1.54) is 0 Å². The summed E-state index contributed by atoms with van der Waals surface area (Å²) in [4.78, 5) is 14.3. The summed E-state index contributed by atoms with van der Waals surface area (Å²) >= 11 is 3.47. The molecule has 1 amide bonds. The van der Waals surface area contributed by atoms with Gasteiger partial charge in [-0.1, -0.05) is 13.0 Å². The molecule has 3 nitrogen and oxygen atoms in total. The summed E-state index contributed by atoms with van der Waals surface area (Å²) in [6, 6.07) is 5.83. The number of hydrogen-bond donors (Lipinski definition) is 1. The minimum absolute atomic E-state index is 0.0762. The first kappa shape index (κ1) is 13.6. The van der Waals surface area contributed by atoms with Crippen LogP contribution in [0.5, 0.6) is 0 Å². The fraction of sp³-hybridized carbons (Fsp3) is 0.500. The summed E-state index contributed by atoms with van der Waals surface area (Å²) in [6.45, 7) is 6.34. The van der Waals surface area contributed by atoms with Crippen molar-refractivity contribution in [3.05, 3.63) is 33.8 Å². The first-order valence-corrected chi connectivity index (χ1v) is 7.00. The average Bonchev–Trinajstić information content (AvgIpc) is 2.72. The molecule has 2 N–H and O–H groups in total. The van der Waals surface area contributed by atoms with Crippen LogP contribution >= 0.6 is 15.9 Å². The maximum absolute atomic E-state index is 12.4. The molecule has 1 aliphatic rings. The van der Waals surface area contributed by atoms with Crippen molar-refractivity contribution in [2.45, 2.75) is 20.3 Å². The Morgan fingerprint density at radius 1 is 1.56 bits per heavy atom. The van der Waals surface area contributed by atoms with Crippen molar-refractivity contribution in [3.63, 3.8) is 0 Å². The quantitative estimate of drug-likeness (QED) is 0.912. The van der Waals surface area contributed by atoms with Crippen molar-refractivity contribution >= 4 is 21.8 Å². The smallest absolute Gasteiger partial charge is 0.255 e. The second kappa shape index (κ2) is 5.02. The predicted octanol–water partition coefficient (Wildman–Crippen LogP) is 2.57. The van der Waals surface area contributed by atoms with E-state index in [-0.39, 0.29) is 11.3 Å². The third-order valence-electron chi connectivity index (χ3n) is 3.69. The molecule has 1 fully saturated rings. The van der Waals surface area contributed by atoms with Crippen molar-refractivity contribution in [1.29, 1.82) is 0 Å². The van der Waals surface area contributed by atoms with E-state index in [2.05, 4.69) is 22.9 Å². The lowest BCUT2D eigenvalue weighted by molar-refractivity contribution is 0.0776. The van der Waals surface area contributed by atoms with Crippen molar-refractivity contribution in [3.8, 4) is 0 Å². The van der Waals surface area contributed by atoms with Gasteiger partial charge < -0.3 is 10.6 Å². The lowest BCUT2D eigenvalue weighted by Crippen LogP contribution is -2.34. The molecule has 0 radical (unpaired) electrons. The molecule has 0 aliphatic carbocycles. The van der Waals surface area contributed by atoms with Crippen LogP contribution in [-0.2, 0) is 0 Å². The maximum atomic E-state index is 12.4. The second-order valence-corrected chi connectivity index (χ2v) is 6.33. The fourth-order valence-electron chi connectivity index (χ4n) is 2.33. The molecule has 1 heterocycles. The summed E-state index contributed by atoms with van der Waals surface area (Å²) in [5.74, 6) is 0.0963. The van der Waals surface area contributed by atoms with E-state index in [0.29, 0.717) is 6.54 Å². The molecule has 1 atom stereocenters. The van der Waals surface area contributed by atoms with Crippen LogP contribution < -0.4 is 5.73 Å². The van der Waals surface area contributed by atoms with Gasteiger partial charge in [0, 0.05) is 17.6 Å². The molecule has 0 aromatic heterocycles. The monoisotopic (exact) mass is 310 g/mol. The highest BCUT2D eigenvalue weighted by atomic mass is 79.9. The summed E-state index contributed by atoms with van der Waals surface area (Å²) < 4.78 is 0.869. The standard InChI is InChI=1S/C14H19BrN2O/c1-10-3-4-11(12(15)7-10)13(18)17-6-5-14(2,8-16)9-17/h3-4,7H,5-6,8-9,16H2,1-2H3. The highest BCUT2D eigenvalue weighted by molar-refractivity contribution is 9.10. The molecular weight excluding hydrogens is 292 g/mol. The zero-order valence-corrected chi connectivity index (χ0v) is 12.5. The first-order valence-electron chi connectivity index (χ1n) is 6.21. The molecular formula is C14H19BrN2O. The number of likely N-dealkylation sites (tertiary alicyclic amines) is 1. The van der Waals surface area contributed by atoms with Gasteiger partial charge in [0.05, 0.1) is 5.56 Å². The van der Waals surface area contributed by atoms with Crippen LogP contribution in [0.4, 0.5) is 0 Å². The lowest BCUT2D eigenvalue weighted by Gasteiger charge is -2.23. The van der Waals surface area contributed by atoms with Gasteiger partial charge in [-0.15, -0.1) is 0 Å². The largest absolute Gasteiger partial charge is 0.338 e. The molecule has 98 valence electrons. The normalized spacial score (nSPS) is 23.4. The number of aryl methyl sites for hydroxylation is 1. The van der Waals surface area contributed by atoms with Crippen molar-refractivity contribution < 1.29 is 4.79 Å². The number of nitrogens with zero attached hydrogens (tertiary/aromatic N) is 1. The minimum Gasteiger partial charge on any atom is -0.338 e. The minimum atomic E-state index is 0.0762. The Bertz CT molecular complexity index is 475. The summed E-state index contributed by atoms with van der Waals surface area (Å²) in [7, 11) is 0. The Balaban J connectivity index is 2.18. The van der Waals surface area contributed by atoms with Gasteiger partial charge in [-0.05, 0) is 58.9 Å². The third kappa shape index (κ3) is 2.59. The van der Waals surface area contributed by atoms with Gasteiger partial charge in [-0.2, -0.15) is 0 Å². The molecule has 4 heteroatoms. The van der Waals surface area contributed by atoms with Crippen LogP contribution in [0.2, 0.25) is 0 Å². The SMILES string of the molecule is Cc1ccc(C(=O)N2CCC(C)(CN)C2)c(Br)c1. The molecule has 18 heavy (non-hydrogen) atoms. The Kier molecular flexibility index (Phi) is 3.78. The van der Waals surface area contributed by atoms with Crippen LogP contribution in [0.3, 0.4) is 0 Å². The Labute approximate surface area is 116 Å². The van der Waals surface area contributed by atoms with Gasteiger partial charge in [0.2, 0.25) is 0 Å². The Morgan fingerprint density at radius 3 is 2.83 bits per heavy atom. The van der Waals surface area contributed by atoms with Crippen LogP contribution in [0.25, 0.3) is 0 Å². The average molecular weight is 311 g/mol. The van der Waals surface area contributed by atoms with Crippen LogP contribution in [0.1, 0.15) is 29.3 Å². The highest BCUT2D eigenvalue weighted by Crippen LogP contribution is 2.30. The van der Waals surface area contributed by atoms with Gasteiger partial charge in [-0.3, -0.25) is 4.79 Å². The number of halogens is 1. The molecule has 1 aliphatic heterocycles. The van der Waals surface area contributed by atoms with Crippen LogP contribution in [0, 0.1) is 12.3 Å². The number of benzene rings is 1. The zero-order chi connectivity index (χ0) is 13.3. The fourth-order valence-corrected chi connectivity index (χ4v) is 2.99. The number of carbonyl (C=O) groups is 1. The summed E-state index contributed by atoms with van der Waals surface area (Å²) in [5.41, 5.74) is 7.73. The Hall–Kier alpha value is -0.870. The van der Waals surface area contributed by atoms with E-state index in [1.807, 2.05) is 30.0 Å². The second-order valence-electron chi connectivity index (χ2n) is 5.47. The third-order valence-corrected chi connectivity index (χ3v) is 4.35.